The third-order valence-electron chi connectivity index (χ3n) is 4.38. The lowest BCUT2D eigenvalue weighted by molar-refractivity contribution is 0.0639. The van der Waals surface area contributed by atoms with Gasteiger partial charge in [0.15, 0.2) is 0 Å². The van der Waals surface area contributed by atoms with Crippen LogP contribution in [0.2, 0.25) is 0 Å². The van der Waals surface area contributed by atoms with Crippen molar-refractivity contribution in [1.82, 2.24) is 9.80 Å². The Morgan fingerprint density at radius 2 is 1.56 bits per heavy atom. The van der Waals surface area contributed by atoms with Crippen LogP contribution in [0, 0.1) is 5.92 Å². The molecule has 2 fully saturated rings. The Hall–Kier alpha value is -0.0800. The van der Waals surface area contributed by atoms with Crippen LogP contribution in [0.1, 0.15) is 47.0 Å². The third-order valence-corrected chi connectivity index (χ3v) is 4.38. The zero-order chi connectivity index (χ0) is 11.8. The van der Waals surface area contributed by atoms with E-state index in [9.17, 15) is 0 Å². The maximum atomic E-state index is 2.74. The van der Waals surface area contributed by atoms with Crippen LogP contribution < -0.4 is 0 Å². The molecule has 2 rings (SSSR count). The second kappa shape index (κ2) is 4.66. The Bertz CT molecular complexity index is 223. The summed E-state index contributed by atoms with van der Waals surface area (Å²) in [5.41, 5.74) is 0.364. The van der Waals surface area contributed by atoms with E-state index in [0.717, 1.165) is 12.0 Å². The van der Waals surface area contributed by atoms with E-state index in [1.807, 2.05) is 0 Å². The molecule has 94 valence electrons. The molecule has 2 aliphatic rings. The second-order valence-electron chi connectivity index (χ2n) is 6.78. The highest BCUT2D eigenvalue weighted by Gasteiger charge is 2.31. The van der Waals surface area contributed by atoms with Gasteiger partial charge in [0, 0.05) is 31.2 Å². The van der Waals surface area contributed by atoms with Gasteiger partial charge in [0.05, 0.1) is 0 Å². The van der Waals surface area contributed by atoms with Gasteiger partial charge in [-0.2, -0.15) is 0 Å². The molecule has 0 aromatic heterocycles. The highest BCUT2D eigenvalue weighted by atomic mass is 15.2. The molecule has 0 aromatic carbocycles. The van der Waals surface area contributed by atoms with Crippen LogP contribution in [-0.2, 0) is 0 Å². The van der Waals surface area contributed by atoms with Crippen molar-refractivity contribution in [1.29, 1.82) is 0 Å². The quantitative estimate of drug-likeness (QED) is 0.675. The summed E-state index contributed by atoms with van der Waals surface area (Å²) in [7, 11) is 0. The van der Waals surface area contributed by atoms with Gasteiger partial charge in [0.25, 0.3) is 0 Å². The Labute approximate surface area is 101 Å². The molecule has 2 nitrogen and oxygen atoms in total. The monoisotopic (exact) mass is 224 g/mol. The zero-order valence-corrected chi connectivity index (χ0v) is 11.5. The van der Waals surface area contributed by atoms with Gasteiger partial charge in [0.2, 0.25) is 0 Å². The number of hydrogen-bond donors (Lipinski definition) is 0. The summed E-state index contributed by atoms with van der Waals surface area (Å²) in [5, 5.41) is 0. The van der Waals surface area contributed by atoms with E-state index in [1.54, 1.807) is 0 Å². The lowest BCUT2D eigenvalue weighted by Gasteiger charge is -2.43. The van der Waals surface area contributed by atoms with Crippen LogP contribution in [0.4, 0.5) is 0 Å². The number of piperidine rings is 1. The Balaban J connectivity index is 1.81. The minimum atomic E-state index is 0.364. The van der Waals surface area contributed by atoms with E-state index in [2.05, 4.69) is 37.5 Å². The molecule has 0 saturated carbocycles. The molecule has 0 spiro atoms. The van der Waals surface area contributed by atoms with Gasteiger partial charge in [-0.25, -0.2) is 0 Å². The zero-order valence-electron chi connectivity index (χ0n) is 11.5. The van der Waals surface area contributed by atoms with Crippen molar-refractivity contribution < 1.29 is 0 Å². The number of hydrogen-bond acceptors (Lipinski definition) is 2. The number of rotatable bonds is 1. The van der Waals surface area contributed by atoms with Crippen LogP contribution in [0.15, 0.2) is 0 Å². The van der Waals surface area contributed by atoms with Gasteiger partial charge >= 0.3 is 0 Å². The Morgan fingerprint density at radius 1 is 0.938 bits per heavy atom. The van der Waals surface area contributed by atoms with E-state index in [4.69, 9.17) is 0 Å². The molecule has 0 amide bonds. The minimum absolute atomic E-state index is 0.364. The fourth-order valence-electron chi connectivity index (χ4n) is 3.20. The van der Waals surface area contributed by atoms with Gasteiger partial charge in [-0.1, -0.05) is 6.92 Å². The topological polar surface area (TPSA) is 6.48 Å². The van der Waals surface area contributed by atoms with E-state index in [1.165, 1.54) is 45.4 Å². The molecule has 2 aliphatic heterocycles. The smallest absolute Gasteiger partial charge is 0.0125 e. The van der Waals surface area contributed by atoms with Crippen molar-refractivity contribution in [2.75, 3.05) is 26.2 Å². The fraction of sp³-hybridized carbons (Fsp3) is 1.00. The summed E-state index contributed by atoms with van der Waals surface area (Å²) in [6, 6.07) is 0.878. The summed E-state index contributed by atoms with van der Waals surface area (Å²) in [5.74, 6) is 0.931. The average Bonchev–Trinajstić information content (AvgIpc) is 2.64. The lowest BCUT2D eigenvalue weighted by Crippen LogP contribution is -2.50. The predicted molar refractivity (Wildman–Crippen MR) is 69.7 cm³/mol. The molecule has 2 saturated heterocycles. The predicted octanol–water partition coefficient (Wildman–Crippen LogP) is 2.59. The van der Waals surface area contributed by atoms with Crippen molar-refractivity contribution in [3.05, 3.63) is 0 Å². The van der Waals surface area contributed by atoms with Gasteiger partial charge in [0.1, 0.15) is 0 Å². The largest absolute Gasteiger partial charge is 0.300 e. The second-order valence-corrected chi connectivity index (χ2v) is 6.78. The third kappa shape index (κ3) is 2.78. The van der Waals surface area contributed by atoms with Crippen molar-refractivity contribution in [3.63, 3.8) is 0 Å². The van der Waals surface area contributed by atoms with E-state index in [-0.39, 0.29) is 0 Å². The van der Waals surface area contributed by atoms with Crippen LogP contribution in [0.3, 0.4) is 0 Å². The van der Waals surface area contributed by atoms with E-state index >= 15 is 0 Å². The van der Waals surface area contributed by atoms with Gasteiger partial charge in [-0.15, -0.1) is 0 Å². The molecule has 0 unspecified atom stereocenters. The van der Waals surface area contributed by atoms with Crippen molar-refractivity contribution >= 4 is 0 Å². The molecule has 16 heavy (non-hydrogen) atoms. The standard InChI is InChI=1S/C14H28N2/c1-12-5-8-15(11-12)13-6-9-16(10-7-13)14(2,3)4/h12-13H,5-11H2,1-4H3/t12-/m0/s1. The first-order chi connectivity index (χ1) is 7.47. The Morgan fingerprint density at radius 3 is 2.00 bits per heavy atom. The summed E-state index contributed by atoms with van der Waals surface area (Å²) in [4.78, 5) is 5.38. The van der Waals surface area contributed by atoms with Crippen LogP contribution in [-0.4, -0.2) is 47.6 Å². The van der Waals surface area contributed by atoms with Crippen LogP contribution in [0.5, 0.6) is 0 Å². The maximum absolute atomic E-state index is 2.74. The highest BCUT2D eigenvalue weighted by Crippen LogP contribution is 2.26. The number of likely N-dealkylation sites (tertiary alicyclic amines) is 2. The lowest BCUT2D eigenvalue weighted by atomic mass is 9.97. The Kier molecular flexibility index (Phi) is 3.60. The number of nitrogens with zero attached hydrogens (tertiary/aromatic N) is 2. The molecule has 1 atom stereocenters. The molecule has 0 aliphatic carbocycles. The molecule has 2 heteroatoms. The fourth-order valence-corrected chi connectivity index (χ4v) is 3.20. The molecular weight excluding hydrogens is 196 g/mol. The normalized spacial score (nSPS) is 31.1. The van der Waals surface area contributed by atoms with Crippen molar-refractivity contribution in [2.45, 2.75) is 58.5 Å². The minimum Gasteiger partial charge on any atom is -0.300 e. The van der Waals surface area contributed by atoms with Crippen molar-refractivity contribution in [3.8, 4) is 0 Å². The first kappa shape index (κ1) is 12.4. The first-order valence-corrected chi connectivity index (χ1v) is 6.96. The van der Waals surface area contributed by atoms with Gasteiger partial charge < -0.3 is 4.90 Å². The highest BCUT2D eigenvalue weighted by molar-refractivity contribution is 4.87. The molecule has 0 bridgehead atoms. The van der Waals surface area contributed by atoms with Gasteiger partial charge in [-0.3, -0.25) is 4.90 Å². The summed E-state index contributed by atoms with van der Waals surface area (Å²) in [6.07, 6.45) is 4.17. The van der Waals surface area contributed by atoms with Crippen molar-refractivity contribution in [2.24, 2.45) is 5.92 Å². The van der Waals surface area contributed by atoms with Crippen LogP contribution in [0.25, 0.3) is 0 Å². The summed E-state index contributed by atoms with van der Waals surface area (Å²) >= 11 is 0. The van der Waals surface area contributed by atoms with Crippen LogP contribution >= 0.6 is 0 Å². The van der Waals surface area contributed by atoms with E-state index in [0.29, 0.717) is 5.54 Å². The molecular formula is C14H28N2. The van der Waals surface area contributed by atoms with E-state index < -0.39 is 0 Å². The molecule has 2 heterocycles. The summed E-state index contributed by atoms with van der Waals surface area (Å²) in [6.45, 7) is 14.7. The molecule has 0 radical (unpaired) electrons. The maximum Gasteiger partial charge on any atom is 0.0125 e. The summed E-state index contributed by atoms with van der Waals surface area (Å²) < 4.78 is 0. The molecule has 0 N–H and O–H groups in total. The van der Waals surface area contributed by atoms with Gasteiger partial charge in [-0.05, 0) is 52.5 Å². The first-order valence-electron chi connectivity index (χ1n) is 6.96. The SMILES string of the molecule is C[C@H]1CCN(C2CCN(C(C)(C)C)CC2)C1. The average molecular weight is 224 g/mol. The molecule has 0 aromatic rings.